The zero-order valence-electron chi connectivity index (χ0n) is 11.3. The van der Waals surface area contributed by atoms with Crippen molar-refractivity contribution in [3.8, 4) is 5.75 Å². The molecule has 108 valence electrons. The molecule has 3 N–H and O–H groups in total. The van der Waals surface area contributed by atoms with Gasteiger partial charge in [0.25, 0.3) is 5.91 Å². The van der Waals surface area contributed by atoms with Gasteiger partial charge in [0.2, 0.25) is 0 Å². The molecule has 0 spiro atoms. The van der Waals surface area contributed by atoms with Crippen LogP contribution in [-0.4, -0.2) is 31.1 Å². The maximum Gasteiger partial charge on any atom is 0.338 e. The number of hydrogen-bond donors (Lipinski definition) is 2. The average molecular weight is 278 g/mol. The normalized spacial score (nSPS) is 13.7. The number of nitrogens with one attached hydrogen (secondary N) is 1. The Labute approximate surface area is 117 Å². The third-order valence-electron chi connectivity index (χ3n) is 2.82. The van der Waals surface area contributed by atoms with Crippen LogP contribution in [0.25, 0.3) is 0 Å². The lowest BCUT2D eigenvalue weighted by Crippen LogP contribution is -2.30. The fourth-order valence-corrected chi connectivity index (χ4v) is 1.67. The first kappa shape index (κ1) is 14.2. The third kappa shape index (κ3) is 3.88. The predicted molar refractivity (Wildman–Crippen MR) is 73.5 cm³/mol. The first-order chi connectivity index (χ1) is 9.60. The molecule has 6 nitrogen and oxygen atoms in total. The zero-order chi connectivity index (χ0) is 14.5. The van der Waals surface area contributed by atoms with Crippen LogP contribution in [0.1, 0.15) is 30.1 Å². The summed E-state index contributed by atoms with van der Waals surface area (Å²) in [7, 11) is 0. The van der Waals surface area contributed by atoms with Gasteiger partial charge in [-0.05, 0) is 38.0 Å². The van der Waals surface area contributed by atoms with Gasteiger partial charge in [-0.25, -0.2) is 4.79 Å². The van der Waals surface area contributed by atoms with E-state index in [1.54, 1.807) is 12.1 Å². The SMILES string of the molecule is CCOc1ccc(C(=O)OCC(=O)NC2CC2)cc1N. The van der Waals surface area contributed by atoms with Crippen LogP contribution in [-0.2, 0) is 9.53 Å². The molecule has 0 atom stereocenters. The monoisotopic (exact) mass is 278 g/mol. The van der Waals surface area contributed by atoms with E-state index in [1.807, 2.05) is 6.92 Å². The molecule has 0 saturated heterocycles. The second kappa shape index (κ2) is 6.27. The molecule has 0 heterocycles. The van der Waals surface area contributed by atoms with Crippen molar-refractivity contribution >= 4 is 17.6 Å². The largest absolute Gasteiger partial charge is 0.492 e. The molecule has 0 aliphatic heterocycles. The number of hydrogen-bond acceptors (Lipinski definition) is 5. The van der Waals surface area contributed by atoms with Crippen LogP contribution in [0.4, 0.5) is 5.69 Å². The van der Waals surface area contributed by atoms with Crippen molar-refractivity contribution in [3.63, 3.8) is 0 Å². The molecule has 6 heteroatoms. The van der Waals surface area contributed by atoms with Gasteiger partial charge >= 0.3 is 5.97 Å². The fraction of sp³-hybridized carbons (Fsp3) is 0.429. The molecule has 20 heavy (non-hydrogen) atoms. The summed E-state index contributed by atoms with van der Waals surface area (Å²) in [6.45, 7) is 2.07. The van der Waals surface area contributed by atoms with Gasteiger partial charge in [0, 0.05) is 6.04 Å². The van der Waals surface area contributed by atoms with Crippen LogP contribution < -0.4 is 15.8 Å². The number of anilines is 1. The van der Waals surface area contributed by atoms with E-state index in [0.717, 1.165) is 12.8 Å². The Morgan fingerprint density at radius 2 is 2.15 bits per heavy atom. The summed E-state index contributed by atoms with van der Waals surface area (Å²) in [6, 6.07) is 4.90. The molecule has 1 fully saturated rings. The van der Waals surface area contributed by atoms with Crippen molar-refractivity contribution in [2.24, 2.45) is 0 Å². The molecule has 1 aromatic rings. The van der Waals surface area contributed by atoms with Crippen LogP contribution >= 0.6 is 0 Å². The fourth-order valence-electron chi connectivity index (χ4n) is 1.67. The highest BCUT2D eigenvalue weighted by Gasteiger charge is 2.23. The summed E-state index contributed by atoms with van der Waals surface area (Å²) < 4.78 is 10.2. The van der Waals surface area contributed by atoms with Crippen LogP contribution in [0.5, 0.6) is 5.75 Å². The number of rotatable bonds is 6. The summed E-state index contributed by atoms with van der Waals surface area (Å²) in [5.41, 5.74) is 6.42. The molecular weight excluding hydrogens is 260 g/mol. The van der Waals surface area contributed by atoms with Crippen LogP contribution in [0.15, 0.2) is 18.2 Å². The van der Waals surface area contributed by atoms with Crippen molar-refractivity contribution in [1.82, 2.24) is 5.32 Å². The number of carbonyl (C=O) groups is 2. The minimum atomic E-state index is -0.578. The van der Waals surface area contributed by atoms with Gasteiger partial charge in [0.05, 0.1) is 17.9 Å². The Morgan fingerprint density at radius 3 is 2.75 bits per heavy atom. The smallest absolute Gasteiger partial charge is 0.338 e. The van der Waals surface area contributed by atoms with Gasteiger partial charge in [-0.3, -0.25) is 4.79 Å². The number of ether oxygens (including phenoxy) is 2. The summed E-state index contributed by atoms with van der Waals surface area (Å²) in [5.74, 6) is -0.332. The van der Waals surface area contributed by atoms with E-state index in [4.69, 9.17) is 15.2 Å². The Kier molecular flexibility index (Phi) is 4.45. The van der Waals surface area contributed by atoms with Gasteiger partial charge in [0.1, 0.15) is 5.75 Å². The third-order valence-corrected chi connectivity index (χ3v) is 2.82. The topological polar surface area (TPSA) is 90.6 Å². The van der Waals surface area contributed by atoms with E-state index in [0.29, 0.717) is 23.6 Å². The Bertz CT molecular complexity index is 512. The van der Waals surface area contributed by atoms with E-state index in [9.17, 15) is 9.59 Å². The van der Waals surface area contributed by atoms with Gasteiger partial charge in [0.15, 0.2) is 6.61 Å². The highest BCUT2D eigenvalue weighted by Crippen LogP contribution is 2.23. The maximum atomic E-state index is 11.8. The lowest BCUT2D eigenvalue weighted by Gasteiger charge is -2.09. The van der Waals surface area contributed by atoms with Gasteiger partial charge < -0.3 is 20.5 Å². The zero-order valence-corrected chi connectivity index (χ0v) is 11.3. The summed E-state index contributed by atoms with van der Waals surface area (Å²) in [6.07, 6.45) is 1.99. The Balaban J connectivity index is 1.87. The first-order valence-electron chi connectivity index (χ1n) is 6.59. The van der Waals surface area contributed by atoms with E-state index in [1.165, 1.54) is 6.07 Å². The predicted octanol–water partition coefficient (Wildman–Crippen LogP) is 1.10. The molecule has 0 unspecified atom stereocenters. The van der Waals surface area contributed by atoms with Gasteiger partial charge in [-0.2, -0.15) is 0 Å². The van der Waals surface area contributed by atoms with Crippen LogP contribution in [0, 0.1) is 0 Å². The molecule has 1 amide bonds. The van der Waals surface area contributed by atoms with Crippen molar-refractivity contribution < 1.29 is 19.1 Å². The summed E-state index contributed by atoms with van der Waals surface area (Å²) in [4.78, 5) is 23.2. The Hall–Kier alpha value is -2.24. The van der Waals surface area contributed by atoms with Crippen LogP contribution in [0.2, 0.25) is 0 Å². The highest BCUT2D eigenvalue weighted by molar-refractivity contribution is 5.92. The van der Waals surface area contributed by atoms with E-state index in [-0.39, 0.29) is 18.6 Å². The second-order valence-electron chi connectivity index (χ2n) is 4.60. The molecule has 1 aliphatic carbocycles. The molecule has 1 saturated carbocycles. The average Bonchev–Trinajstić information content (AvgIpc) is 3.22. The minimum Gasteiger partial charge on any atom is -0.492 e. The standard InChI is InChI=1S/C14H18N2O4/c1-2-19-12-6-3-9(7-11(12)15)14(18)20-8-13(17)16-10-4-5-10/h3,6-7,10H,2,4-5,8,15H2,1H3,(H,16,17). The summed E-state index contributed by atoms with van der Waals surface area (Å²) >= 11 is 0. The Morgan fingerprint density at radius 1 is 1.40 bits per heavy atom. The molecule has 2 rings (SSSR count). The number of nitrogen functional groups attached to an aromatic ring is 1. The molecular formula is C14H18N2O4. The molecule has 0 aromatic heterocycles. The first-order valence-corrected chi connectivity index (χ1v) is 6.59. The van der Waals surface area contributed by atoms with E-state index >= 15 is 0 Å². The van der Waals surface area contributed by atoms with Crippen molar-refractivity contribution in [3.05, 3.63) is 23.8 Å². The molecule has 0 radical (unpaired) electrons. The molecule has 0 bridgehead atoms. The molecule has 1 aromatic carbocycles. The number of amides is 1. The number of nitrogens with two attached hydrogens (primary N) is 1. The van der Waals surface area contributed by atoms with Gasteiger partial charge in [-0.1, -0.05) is 0 Å². The van der Waals surface area contributed by atoms with E-state index in [2.05, 4.69) is 5.32 Å². The van der Waals surface area contributed by atoms with Crippen LogP contribution in [0.3, 0.4) is 0 Å². The van der Waals surface area contributed by atoms with Crippen molar-refractivity contribution in [1.29, 1.82) is 0 Å². The maximum absolute atomic E-state index is 11.8. The van der Waals surface area contributed by atoms with E-state index < -0.39 is 5.97 Å². The number of esters is 1. The minimum absolute atomic E-state index is 0.252. The lowest BCUT2D eigenvalue weighted by molar-refractivity contribution is -0.124. The number of carbonyl (C=O) groups excluding carboxylic acids is 2. The second-order valence-corrected chi connectivity index (χ2v) is 4.60. The summed E-state index contributed by atoms with van der Waals surface area (Å²) in [5, 5.41) is 2.74. The van der Waals surface area contributed by atoms with Crippen molar-refractivity contribution in [2.45, 2.75) is 25.8 Å². The number of benzene rings is 1. The van der Waals surface area contributed by atoms with Crippen molar-refractivity contribution in [2.75, 3.05) is 18.9 Å². The quantitative estimate of drug-likeness (QED) is 0.600. The highest BCUT2D eigenvalue weighted by atomic mass is 16.5. The van der Waals surface area contributed by atoms with Gasteiger partial charge in [-0.15, -0.1) is 0 Å². The molecule has 1 aliphatic rings. The lowest BCUT2D eigenvalue weighted by atomic mass is 10.2.